The fraction of sp³-hybridized carbons (Fsp3) is 0.333. The van der Waals surface area contributed by atoms with E-state index >= 15 is 0 Å². The van der Waals surface area contributed by atoms with Gasteiger partial charge in [-0.15, -0.1) is 11.6 Å². The van der Waals surface area contributed by atoms with Gasteiger partial charge >= 0.3 is 0 Å². The number of nitrogens with one attached hydrogen (secondary N) is 2. The van der Waals surface area contributed by atoms with Gasteiger partial charge in [0.2, 0.25) is 5.91 Å². The highest BCUT2D eigenvalue weighted by atomic mass is 35.5. The molecule has 1 atom stereocenters. The van der Waals surface area contributed by atoms with E-state index in [0.29, 0.717) is 23.7 Å². The van der Waals surface area contributed by atoms with Gasteiger partial charge in [0.1, 0.15) is 5.38 Å². The Morgan fingerprint density at radius 1 is 1.22 bits per heavy atom. The van der Waals surface area contributed by atoms with Gasteiger partial charge in [0.15, 0.2) is 0 Å². The van der Waals surface area contributed by atoms with Crippen molar-refractivity contribution in [2.45, 2.75) is 12.3 Å². The first kappa shape index (κ1) is 14.8. The molecule has 0 aliphatic rings. The molecule has 98 valence electrons. The maximum Gasteiger partial charge on any atom is 0.252 e. The van der Waals surface area contributed by atoms with Crippen molar-refractivity contribution >= 4 is 35.0 Å². The molecule has 1 rings (SSSR count). The average molecular weight is 289 g/mol. The predicted molar refractivity (Wildman–Crippen MR) is 72.1 cm³/mol. The summed E-state index contributed by atoms with van der Waals surface area (Å²) in [6.07, 6.45) is 0. The zero-order valence-corrected chi connectivity index (χ0v) is 11.4. The van der Waals surface area contributed by atoms with E-state index in [1.807, 2.05) is 0 Å². The van der Waals surface area contributed by atoms with Crippen LogP contribution >= 0.6 is 23.2 Å². The van der Waals surface area contributed by atoms with Crippen molar-refractivity contribution in [2.24, 2.45) is 0 Å². The second-order valence-electron chi connectivity index (χ2n) is 3.64. The quantitative estimate of drug-likeness (QED) is 0.641. The van der Waals surface area contributed by atoms with Crippen molar-refractivity contribution in [3.8, 4) is 0 Å². The van der Waals surface area contributed by atoms with Crippen LogP contribution in [-0.2, 0) is 4.79 Å². The lowest BCUT2D eigenvalue weighted by atomic mass is 10.2. The summed E-state index contributed by atoms with van der Waals surface area (Å²) in [5.41, 5.74) is 0.413. The van der Waals surface area contributed by atoms with Crippen molar-refractivity contribution in [1.29, 1.82) is 0 Å². The lowest BCUT2D eigenvalue weighted by Crippen LogP contribution is -2.37. The van der Waals surface area contributed by atoms with E-state index in [0.717, 1.165) is 0 Å². The van der Waals surface area contributed by atoms with Crippen LogP contribution in [0.2, 0.25) is 5.02 Å². The van der Waals surface area contributed by atoms with Gasteiger partial charge in [0, 0.05) is 13.1 Å². The molecule has 18 heavy (non-hydrogen) atoms. The number of carbonyl (C=O) groups is 2. The van der Waals surface area contributed by atoms with E-state index in [9.17, 15) is 9.59 Å². The molecule has 0 spiro atoms. The van der Waals surface area contributed by atoms with E-state index in [1.54, 1.807) is 31.2 Å². The Morgan fingerprint density at radius 2 is 1.83 bits per heavy atom. The highest BCUT2D eigenvalue weighted by molar-refractivity contribution is 6.33. The Bertz CT molecular complexity index is 436. The van der Waals surface area contributed by atoms with Gasteiger partial charge in [-0.25, -0.2) is 0 Å². The second-order valence-corrected chi connectivity index (χ2v) is 4.70. The first-order valence-corrected chi connectivity index (χ1v) is 6.28. The SMILES string of the molecule is CC(Cl)C(=O)NCCNC(=O)c1ccccc1Cl. The van der Waals surface area contributed by atoms with Crippen molar-refractivity contribution < 1.29 is 9.59 Å². The molecule has 0 aromatic heterocycles. The minimum atomic E-state index is -0.579. The zero-order chi connectivity index (χ0) is 13.5. The highest BCUT2D eigenvalue weighted by Crippen LogP contribution is 2.14. The molecular weight excluding hydrogens is 275 g/mol. The number of alkyl halides is 1. The van der Waals surface area contributed by atoms with Crippen LogP contribution in [0.5, 0.6) is 0 Å². The molecule has 0 heterocycles. The van der Waals surface area contributed by atoms with Gasteiger partial charge in [0.25, 0.3) is 5.91 Å². The Hall–Kier alpha value is -1.26. The van der Waals surface area contributed by atoms with Crippen molar-refractivity contribution in [2.75, 3.05) is 13.1 Å². The van der Waals surface area contributed by atoms with Crippen LogP contribution in [0, 0.1) is 0 Å². The Morgan fingerprint density at radius 3 is 2.44 bits per heavy atom. The van der Waals surface area contributed by atoms with Gasteiger partial charge in [-0.3, -0.25) is 9.59 Å². The first-order chi connectivity index (χ1) is 8.52. The maximum absolute atomic E-state index is 11.7. The molecule has 0 fully saturated rings. The average Bonchev–Trinajstić information content (AvgIpc) is 2.34. The van der Waals surface area contributed by atoms with Crippen LogP contribution in [0.3, 0.4) is 0 Å². The topological polar surface area (TPSA) is 58.2 Å². The minimum absolute atomic E-state index is 0.261. The molecule has 0 aliphatic heterocycles. The molecule has 0 aliphatic carbocycles. The molecule has 0 radical (unpaired) electrons. The molecular formula is C12H14Cl2N2O2. The molecule has 0 bridgehead atoms. The Kier molecular flexibility index (Phi) is 5.95. The van der Waals surface area contributed by atoms with Crippen LogP contribution < -0.4 is 10.6 Å². The van der Waals surface area contributed by atoms with Gasteiger partial charge in [-0.2, -0.15) is 0 Å². The highest BCUT2D eigenvalue weighted by Gasteiger charge is 2.10. The number of hydrogen-bond acceptors (Lipinski definition) is 2. The van der Waals surface area contributed by atoms with Crippen LogP contribution in [-0.4, -0.2) is 30.3 Å². The fourth-order valence-electron chi connectivity index (χ4n) is 1.24. The third-order valence-electron chi connectivity index (χ3n) is 2.19. The summed E-state index contributed by atoms with van der Waals surface area (Å²) in [6.45, 7) is 2.23. The third-order valence-corrected chi connectivity index (χ3v) is 2.72. The van der Waals surface area contributed by atoms with Crippen molar-refractivity contribution in [3.63, 3.8) is 0 Å². The summed E-state index contributed by atoms with van der Waals surface area (Å²) < 4.78 is 0. The molecule has 1 aromatic rings. The number of amides is 2. The molecule has 0 saturated heterocycles. The number of carbonyl (C=O) groups excluding carboxylic acids is 2. The molecule has 6 heteroatoms. The van der Waals surface area contributed by atoms with Crippen LogP contribution in [0.25, 0.3) is 0 Å². The summed E-state index contributed by atoms with van der Waals surface area (Å²) in [5, 5.41) is 5.06. The minimum Gasteiger partial charge on any atom is -0.353 e. The van der Waals surface area contributed by atoms with Crippen LogP contribution in [0.4, 0.5) is 0 Å². The summed E-state index contributed by atoms with van der Waals surface area (Å²) in [6, 6.07) is 6.77. The summed E-state index contributed by atoms with van der Waals surface area (Å²) in [4.78, 5) is 22.8. The van der Waals surface area contributed by atoms with E-state index in [-0.39, 0.29) is 11.8 Å². The molecule has 0 saturated carbocycles. The zero-order valence-electron chi connectivity index (χ0n) is 9.87. The van der Waals surface area contributed by atoms with E-state index < -0.39 is 5.38 Å². The van der Waals surface area contributed by atoms with E-state index in [4.69, 9.17) is 23.2 Å². The Balaban J connectivity index is 2.35. The summed E-state index contributed by atoms with van der Waals surface area (Å²) in [5.74, 6) is -0.530. The van der Waals surface area contributed by atoms with Crippen molar-refractivity contribution in [1.82, 2.24) is 10.6 Å². The van der Waals surface area contributed by atoms with Crippen LogP contribution in [0.1, 0.15) is 17.3 Å². The lowest BCUT2D eigenvalue weighted by Gasteiger charge is -2.08. The molecule has 1 aromatic carbocycles. The number of hydrogen-bond donors (Lipinski definition) is 2. The van der Waals surface area contributed by atoms with Gasteiger partial charge in [-0.1, -0.05) is 23.7 Å². The first-order valence-electron chi connectivity index (χ1n) is 5.47. The third kappa shape index (κ3) is 4.55. The summed E-state index contributed by atoms with van der Waals surface area (Å²) in [7, 11) is 0. The number of rotatable bonds is 5. The monoisotopic (exact) mass is 288 g/mol. The number of benzene rings is 1. The second kappa shape index (κ2) is 7.24. The van der Waals surface area contributed by atoms with Crippen molar-refractivity contribution in [3.05, 3.63) is 34.9 Å². The molecule has 2 amide bonds. The number of halogens is 2. The van der Waals surface area contributed by atoms with Crippen LogP contribution in [0.15, 0.2) is 24.3 Å². The van der Waals surface area contributed by atoms with E-state index in [2.05, 4.69) is 10.6 Å². The molecule has 1 unspecified atom stereocenters. The van der Waals surface area contributed by atoms with Gasteiger partial charge in [-0.05, 0) is 19.1 Å². The fourth-order valence-corrected chi connectivity index (χ4v) is 1.54. The predicted octanol–water partition coefficient (Wildman–Crippen LogP) is 1.81. The smallest absolute Gasteiger partial charge is 0.252 e. The molecule has 2 N–H and O–H groups in total. The van der Waals surface area contributed by atoms with Gasteiger partial charge in [0.05, 0.1) is 10.6 Å². The summed E-state index contributed by atoms with van der Waals surface area (Å²) >= 11 is 11.4. The largest absolute Gasteiger partial charge is 0.353 e. The standard InChI is InChI=1S/C12H14Cl2N2O2/c1-8(13)11(17)15-6-7-16-12(18)9-4-2-3-5-10(9)14/h2-5,8H,6-7H2,1H3,(H,15,17)(H,16,18). The van der Waals surface area contributed by atoms with Gasteiger partial charge < -0.3 is 10.6 Å². The normalized spacial score (nSPS) is 11.7. The lowest BCUT2D eigenvalue weighted by molar-refractivity contribution is -0.120. The maximum atomic E-state index is 11.7. The molecule has 4 nitrogen and oxygen atoms in total. The van der Waals surface area contributed by atoms with E-state index in [1.165, 1.54) is 0 Å². The Labute approximate surface area is 116 Å².